The lowest BCUT2D eigenvalue weighted by atomic mass is 9.70. The summed E-state index contributed by atoms with van der Waals surface area (Å²) in [7, 11) is 0. The van der Waals surface area contributed by atoms with Crippen LogP contribution in [0.25, 0.3) is 5.57 Å². The van der Waals surface area contributed by atoms with Crippen LogP contribution in [-0.4, -0.2) is 23.5 Å². The van der Waals surface area contributed by atoms with Gasteiger partial charge in [-0.25, -0.2) is 4.79 Å². The van der Waals surface area contributed by atoms with Gasteiger partial charge in [0.2, 0.25) is 0 Å². The molecule has 0 fully saturated rings. The first-order valence-corrected chi connectivity index (χ1v) is 7.77. The normalized spacial score (nSPS) is 22.8. The van der Waals surface area contributed by atoms with E-state index in [1.54, 1.807) is 6.07 Å². The zero-order chi connectivity index (χ0) is 15.7. The van der Waals surface area contributed by atoms with E-state index in [0.717, 1.165) is 36.8 Å². The number of fused-ring (bicyclic) bond motifs is 3. The summed E-state index contributed by atoms with van der Waals surface area (Å²) >= 11 is 0. The molecule has 3 rings (SSSR count). The van der Waals surface area contributed by atoms with Crippen LogP contribution >= 0.6 is 0 Å². The van der Waals surface area contributed by atoms with Crippen LogP contribution in [0.2, 0.25) is 0 Å². The standard InChI is InChI=1S/C18H20O4/c1-2-6-18-7-5-13(19)9-16(18)15-4-3-14(8-12(15)10-18)22-11-17(20)21/h3-4,8-9H,2,5-7,10-11H2,1H3,(H,20,21). The van der Waals surface area contributed by atoms with Gasteiger partial charge in [-0.1, -0.05) is 19.4 Å². The van der Waals surface area contributed by atoms with Crippen molar-refractivity contribution >= 4 is 17.3 Å². The smallest absolute Gasteiger partial charge is 0.341 e. The highest BCUT2D eigenvalue weighted by molar-refractivity contribution is 6.01. The lowest BCUT2D eigenvalue weighted by Crippen LogP contribution is -2.25. The summed E-state index contributed by atoms with van der Waals surface area (Å²) in [6.45, 7) is 1.84. The van der Waals surface area contributed by atoms with E-state index in [1.807, 2.05) is 18.2 Å². The van der Waals surface area contributed by atoms with Gasteiger partial charge in [-0.3, -0.25) is 4.79 Å². The summed E-state index contributed by atoms with van der Waals surface area (Å²) in [6, 6.07) is 5.69. The van der Waals surface area contributed by atoms with Gasteiger partial charge >= 0.3 is 5.97 Å². The Labute approximate surface area is 129 Å². The lowest BCUT2D eigenvalue weighted by molar-refractivity contribution is -0.139. The van der Waals surface area contributed by atoms with Crippen LogP contribution in [0, 0.1) is 5.41 Å². The van der Waals surface area contributed by atoms with Crippen molar-refractivity contribution in [1.82, 2.24) is 0 Å². The summed E-state index contributed by atoms with van der Waals surface area (Å²) < 4.78 is 5.27. The number of carboxylic acid groups (broad SMARTS) is 1. The number of carbonyl (C=O) groups excluding carboxylic acids is 1. The maximum absolute atomic E-state index is 11.8. The van der Waals surface area contributed by atoms with Crippen LogP contribution in [0.3, 0.4) is 0 Å². The second-order valence-electron chi connectivity index (χ2n) is 6.23. The van der Waals surface area contributed by atoms with E-state index in [4.69, 9.17) is 9.84 Å². The van der Waals surface area contributed by atoms with E-state index in [0.29, 0.717) is 12.2 Å². The average molecular weight is 300 g/mol. The van der Waals surface area contributed by atoms with Crippen molar-refractivity contribution in [3.05, 3.63) is 35.4 Å². The molecule has 2 aliphatic rings. The number of benzene rings is 1. The SMILES string of the molecule is CCCC12CCC(=O)C=C1c1ccc(OCC(=O)O)cc1C2. The first kappa shape index (κ1) is 14.8. The Morgan fingerprint density at radius 1 is 1.41 bits per heavy atom. The molecule has 0 saturated heterocycles. The molecule has 1 N–H and O–H groups in total. The highest BCUT2D eigenvalue weighted by atomic mass is 16.5. The number of rotatable bonds is 5. The van der Waals surface area contributed by atoms with Crippen LogP contribution < -0.4 is 4.74 Å². The predicted octanol–water partition coefficient (Wildman–Crippen LogP) is 3.24. The molecule has 1 atom stereocenters. The van der Waals surface area contributed by atoms with Crippen LogP contribution in [0.5, 0.6) is 5.75 Å². The van der Waals surface area contributed by atoms with Crippen molar-refractivity contribution in [1.29, 1.82) is 0 Å². The number of allylic oxidation sites excluding steroid dienone is 2. The van der Waals surface area contributed by atoms with Gasteiger partial charge in [-0.2, -0.15) is 0 Å². The van der Waals surface area contributed by atoms with E-state index < -0.39 is 5.97 Å². The van der Waals surface area contributed by atoms with Crippen molar-refractivity contribution in [2.75, 3.05) is 6.61 Å². The molecule has 2 aliphatic carbocycles. The molecule has 1 unspecified atom stereocenters. The third-order valence-electron chi connectivity index (χ3n) is 4.71. The number of ether oxygens (including phenoxy) is 1. The van der Waals surface area contributed by atoms with E-state index in [1.165, 1.54) is 5.57 Å². The van der Waals surface area contributed by atoms with Crippen LogP contribution in [0.15, 0.2) is 24.3 Å². The molecule has 0 saturated carbocycles. The zero-order valence-corrected chi connectivity index (χ0v) is 12.7. The molecule has 116 valence electrons. The molecule has 1 aromatic carbocycles. The van der Waals surface area contributed by atoms with E-state index >= 15 is 0 Å². The summed E-state index contributed by atoms with van der Waals surface area (Å²) in [4.78, 5) is 22.5. The molecule has 1 aromatic rings. The molecular weight excluding hydrogens is 280 g/mol. The Bertz CT molecular complexity index is 659. The van der Waals surface area contributed by atoms with E-state index in [2.05, 4.69) is 6.92 Å². The second-order valence-corrected chi connectivity index (χ2v) is 6.23. The fourth-order valence-corrected chi connectivity index (χ4v) is 3.84. The first-order valence-electron chi connectivity index (χ1n) is 7.77. The third kappa shape index (κ3) is 2.54. The summed E-state index contributed by atoms with van der Waals surface area (Å²) in [5.41, 5.74) is 3.54. The largest absolute Gasteiger partial charge is 0.482 e. The lowest BCUT2D eigenvalue weighted by Gasteiger charge is -2.33. The maximum Gasteiger partial charge on any atom is 0.341 e. The molecule has 0 aromatic heterocycles. The highest BCUT2D eigenvalue weighted by Crippen LogP contribution is 2.54. The first-order chi connectivity index (χ1) is 10.5. The fourth-order valence-electron chi connectivity index (χ4n) is 3.84. The zero-order valence-electron chi connectivity index (χ0n) is 12.7. The summed E-state index contributed by atoms with van der Waals surface area (Å²) in [5, 5.41) is 8.71. The van der Waals surface area contributed by atoms with Gasteiger partial charge in [0.15, 0.2) is 12.4 Å². The quantitative estimate of drug-likeness (QED) is 0.906. The molecular formula is C18H20O4. The average Bonchev–Trinajstić information content (AvgIpc) is 2.78. The molecule has 0 radical (unpaired) electrons. The Morgan fingerprint density at radius 2 is 2.23 bits per heavy atom. The summed E-state index contributed by atoms with van der Waals surface area (Å²) in [6.07, 6.45) is 6.43. The number of ketones is 1. The number of hydrogen-bond donors (Lipinski definition) is 1. The van der Waals surface area contributed by atoms with Gasteiger partial charge in [0.05, 0.1) is 0 Å². The number of aliphatic carboxylic acids is 1. The Kier molecular flexibility index (Phi) is 3.77. The van der Waals surface area contributed by atoms with Crippen molar-refractivity contribution in [3.63, 3.8) is 0 Å². The fraction of sp³-hybridized carbons (Fsp3) is 0.444. The molecule has 0 aliphatic heterocycles. The Balaban J connectivity index is 1.95. The molecule has 0 heterocycles. The predicted molar refractivity (Wildman–Crippen MR) is 82.8 cm³/mol. The minimum atomic E-state index is -0.982. The van der Waals surface area contributed by atoms with Crippen molar-refractivity contribution in [2.45, 2.75) is 39.0 Å². The van der Waals surface area contributed by atoms with Crippen LogP contribution in [0.4, 0.5) is 0 Å². The topological polar surface area (TPSA) is 63.6 Å². The van der Waals surface area contributed by atoms with Gasteiger partial charge in [-0.05, 0) is 54.2 Å². The van der Waals surface area contributed by atoms with E-state index in [-0.39, 0.29) is 17.8 Å². The van der Waals surface area contributed by atoms with Gasteiger partial charge in [0.25, 0.3) is 0 Å². The third-order valence-corrected chi connectivity index (χ3v) is 4.71. The highest BCUT2D eigenvalue weighted by Gasteiger charge is 2.43. The van der Waals surface area contributed by atoms with Crippen molar-refractivity contribution in [3.8, 4) is 5.75 Å². The van der Waals surface area contributed by atoms with Gasteiger partial charge in [0, 0.05) is 11.8 Å². The second kappa shape index (κ2) is 5.59. The number of carbonyl (C=O) groups is 2. The molecule has 22 heavy (non-hydrogen) atoms. The minimum Gasteiger partial charge on any atom is -0.482 e. The van der Waals surface area contributed by atoms with Crippen LogP contribution in [0.1, 0.15) is 43.7 Å². The van der Waals surface area contributed by atoms with E-state index in [9.17, 15) is 9.59 Å². The van der Waals surface area contributed by atoms with Gasteiger partial charge < -0.3 is 9.84 Å². The monoisotopic (exact) mass is 300 g/mol. The Morgan fingerprint density at radius 3 is 2.95 bits per heavy atom. The van der Waals surface area contributed by atoms with Gasteiger partial charge in [0.1, 0.15) is 5.75 Å². The Hall–Kier alpha value is -2.10. The molecule has 0 bridgehead atoms. The number of hydrogen-bond acceptors (Lipinski definition) is 3. The molecule has 0 spiro atoms. The molecule has 4 heteroatoms. The van der Waals surface area contributed by atoms with Crippen molar-refractivity contribution < 1.29 is 19.4 Å². The molecule has 4 nitrogen and oxygen atoms in total. The summed E-state index contributed by atoms with van der Waals surface area (Å²) in [5.74, 6) is -0.191. The van der Waals surface area contributed by atoms with Crippen molar-refractivity contribution in [2.24, 2.45) is 5.41 Å². The minimum absolute atomic E-state index is 0.0798. The number of carboxylic acids is 1. The molecule has 0 amide bonds. The maximum atomic E-state index is 11.8. The van der Waals surface area contributed by atoms with Crippen LogP contribution in [-0.2, 0) is 16.0 Å². The van der Waals surface area contributed by atoms with Gasteiger partial charge in [-0.15, -0.1) is 0 Å².